The number of hydrogen-bond acceptors (Lipinski definition) is 5. The third kappa shape index (κ3) is 3.30. The van der Waals surface area contributed by atoms with Crippen molar-refractivity contribution in [3.8, 4) is 0 Å². The predicted molar refractivity (Wildman–Crippen MR) is 55.1 cm³/mol. The molecule has 0 bridgehead atoms. The van der Waals surface area contributed by atoms with Crippen LogP contribution in [0, 0.1) is 0 Å². The van der Waals surface area contributed by atoms with E-state index in [0.29, 0.717) is 0 Å². The van der Waals surface area contributed by atoms with Crippen LogP contribution in [0.5, 0.6) is 0 Å². The number of hydrogen-bond donors (Lipinski definition) is 2. The molecule has 1 atom stereocenters. The molecular weight excluding hydrogens is 184 g/mol. The second-order valence-corrected chi connectivity index (χ2v) is 3.83. The van der Waals surface area contributed by atoms with Gasteiger partial charge in [-0.15, -0.1) is 0 Å². The zero-order valence-electron chi connectivity index (χ0n) is 7.60. The molecule has 0 saturated heterocycles. The van der Waals surface area contributed by atoms with E-state index in [2.05, 4.69) is 22.3 Å². The number of rotatable bonds is 5. The largest absolute Gasteiger partial charge is 0.271 e. The molecule has 72 valence electrons. The fraction of sp³-hybridized carbons (Fsp3) is 0.500. The van der Waals surface area contributed by atoms with Crippen LogP contribution in [0.25, 0.3) is 0 Å². The molecular formula is C8H14N4S. The molecule has 0 spiro atoms. The second-order valence-electron chi connectivity index (χ2n) is 2.51. The Kier molecular flexibility index (Phi) is 4.74. The minimum absolute atomic E-state index is 0.0960. The van der Waals surface area contributed by atoms with Crippen molar-refractivity contribution in [3.05, 3.63) is 24.3 Å². The average Bonchev–Trinajstić information content (AvgIpc) is 2.21. The Bertz CT molecular complexity index is 229. The van der Waals surface area contributed by atoms with Crippen LogP contribution in [0.3, 0.4) is 0 Å². The highest BCUT2D eigenvalue weighted by molar-refractivity contribution is 7.99. The molecule has 0 saturated carbocycles. The molecule has 0 aliphatic rings. The third-order valence-electron chi connectivity index (χ3n) is 1.63. The van der Waals surface area contributed by atoms with E-state index in [9.17, 15) is 0 Å². The van der Waals surface area contributed by atoms with E-state index < -0.39 is 0 Å². The molecule has 13 heavy (non-hydrogen) atoms. The van der Waals surface area contributed by atoms with Gasteiger partial charge in [-0.1, -0.05) is 6.92 Å². The highest BCUT2D eigenvalue weighted by Crippen LogP contribution is 2.13. The summed E-state index contributed by atoms with van der Waals surface area (Å²) in [6.45, 7) is 2.12. The summed E-state index contributed by atoms with van der Waals surface area (Å²) in [5, 5.41) is 0. The molecule has 1 unspecified atom stereocenters. The predicted octanol–water partition coefficient (Wildman–Crippen LogP) is 0.734. The van der Waals surface area contributed by atoms with Gasteiger partial charge in [0.1, 0.15) is 0 Å². The summed E-state index contributed by atoms with van der Waals surface area (Å²) in [6, 6.07) is 0.0960. The molecule has 0 fully saturated rings. The molecule has 1 heterocycles. The summed E-state index contributed by atoms with van der Waals surface area (Å²) in [7, 11) is 0. The Morgan fingerprint density at radius 3 is 3.00 bits per heavy atom. The van der Waals surface area contributed by atoms with Crippen molar-refractivity contribution >= 4 is 11.8 Å². The SMILES string of the molecule is CCSCC(NN)c1cnccn1. The highest BCUT2D eigenvalue weighted by atomic mass is 32.2. The lowest BCUT2D eigenvalue weighted by molar-refractivity contribution is 0.592. The molecule has 3 N–H and O–H groups in total. The van der Waals surface area contributed by atoms with Gasteiger partial charge in [-0.3, -0.25) is 21.2 Å². The van der Waals surface area contributed by atoms with E-state index >= 15 is 0 Å². The summed E-state index contributed by atoms with van der Waals surface area (Å²) in [6.07, 6.45) is 5.07. The van der Waals surface area contributed by atoms with Crippen molar-refractivity contribution < 1.29 is 0 Å². The maximum absolute atomic E-state index is 5.41. The number of nitrogens with one attached hydrogen (secondary N) is 1. The molecule has 5 heteroatoms. The number of nitrogens with two attached hydrogens (primary N) is 1. The Morgan fingerprint density at radius 1 is 1.62 bits per heavy atom. The highest BCUT2D eigenvalue weighted by Gasteiger charge is 2.09. The monoisotopic (exact) mass is 198 g/mol. The summed E-state index contributed by atoms with van der Waals surface area (Å²) in [4.78, 5) is 8.18. The van der Waals surface area contributed by atoms with Gasteiger partial charge in [0.15, 0.2) is 0 Å². The van der Waals surface area contributed by atoms with Crippen LogP contribution in [0.4, 0.5) is 0 Å². The van der Waals surface area contributed by atoms with Crippen LogP contribution in [-0.4, -0.2) is 21.5 Å². The van der Waals surface area contributed by atoms with Gasteiger partial charge in [0.05, 0.1) is 17.9 Å². The minimum Gasteiger partial charge on any atom is -0.271 e. The first-order chi connectivity index (χ1) is 6.38. The van der Waals surface area contributed by atoms with Gasteiger partial charge < -0.3 is 0 Å². The normalized spacial score (nSPS) is 12.8. The van der Waals surface area contributed by atoms with Crippen molar-refractivity contribution in [3.63, 3.8) is 0 Å². The number of hydrazine groups is 1. The molecule has 0 aliphatic carbocycles. The van der Waals surface area contributed by atoms with Crippen LogP contribution < -0.4 is 11.3 Å². The minimum atomic E-state index is 0.0960. The summed E-state index contributed by atoms with van der Waals surface area (Å²) < 4.78 is 0. The first-order valence-electron chi connectivity index (χ1n) is 4.18. The van der Waals surface area contributed by atoms with Gasteiger partial charge in [-0.25, -0.2) is 0 Å². The van der Waals surface area contributed by atoms with E-state index in [1.54, 1.807) is 18.6 Å². The van der Waals surface area contributed by atoms with Crippen LogP contribution in [0.1, 0.15) is 18.7 Å². The second kappa shape index (κ2) is 5.90. The Morgan fingerprint density at radius 2 is 2.46 bits per heavy atom. The molecule has 0 aliphatic heterocycles. The topological polar surface area (TPSA) is 63.8 Å². The van der Waals surface area contributed by atoms with Crippen LogP contribution in [-0.2, 0) is 0 Å². The maximum Gasteiger partial charge on any atom is 0.0777 e. The van der Waals surface area contributed by atoms with E-state index in [1.165, 1.54) is 0 Å². The molecule has 1 rings (SSSR count). The van der Waals surface area contributed by atoms with E-state index in [0.717, 1.165) is 17.2 Å². The van der Waals surface area contributed by atoms with Crippen LogP contribution in [0.15, 0.2) is 18.6 Å². The van der Waals surface area contributed by atoms with Crippen molar-refractivity contribution in [2.24, 2.45) is 5.84 Å². The number of thioether (sulfide) groups is 1. The van der Waals surface area contributed by atoms with Gasteiger partial charge in [0.25, 0.3) is 0 Å². The fourth-order valence-electron chi connectivity index (χ4n) is 0.945. The standard InChI is InChI=1S/C8H14N4S/c1-2-13-6-8(12-9)7-5-10-3-4-11-7/h3-5,8,12H,2,6,9H2,1H3. The molecule has 0 amide bonds. The summed E-state index contributed by atoms with van der Waals surface area (Å²) in [5.74, 6) is 7.42. The fourth-order valence-corrected chi connectivity index (χ4v) is 1.68. The van der Waals surface area contributed by atoms with E-state index in [-0.39, 0.29) is 6.04 Å². The molecule has 1 aromatic rings. The molecule has 0 radical (unpaired) electrons. The lowest BCUT2D eigenvalue weighted by atomic mass is 10.2. The molecule has 1 aromatic heterocycles. The molecule has 4 nitrogen and oxygen atoms in total. The summed E-state index contributed by atoms with van der Waals surface area (Å²) in [5.41, 5.74) is 3.62. The molecule has 0 aromatic carbocycles. The van der Waals surface area contributed by atoms with Crippen LogP contribution in [0.2, 0.25) is 0 Å². The first-order valence-corrected chi connectivity index (χ1v) is 5.33. The summed E-state index contributed by atoms with van der Waals surface area (Å²) >= 11 is 1.83. The zero-order valence-corrected chi connectivity index (χ0v) is 8.42. The number of aromatic nitrogens is 2. The first kappa shape index (κ1) is 10.4. The van der Waals surface area contributed by atoms with Crippen molar-refractivity contribution in [2.45, 2.75) is 13.0 Å². The van der Waals surface area contributed by atoms with Crippen LogP contribution >= 0.6 is 11.8 Å². The van der Waals surface area contributed by atoms with Gasteiger partial charge in [0, 0.05) is 18.1 Å². The Labute approximate surface area is 82.3 Å². The zero-order chi connectivity index (χ0) is 9.52. The van der Waals surface area contributed by atoms with Gasteiger partial charge >= 0.3 is 0 Å². The Hall–Kier alpha value is -0.650. The quantitative estimate of drug-likeness (QED) is 0.539. The number of nitrogens with zero attached hydrogens (tertiary/aromatic N) is 2. The lowest BCUT2D eigenvalue weighted by Gasteiger charge is -2.13. The maximum atomic E-state index is 5.41. The smallest absolute Gasteiger partial charge is 0.0777 e. The van der Waals surface area contributed by atoms with Gasteiger partial charge in [0.2, 0.25) is 0 Å². The van der Waals surface area contributed by atoms with Crippen molar-refractivity contribution in [1.82, 2.24) is 15.4 Å². The van der Waals surface area contributed by atoms with E-state index in [4.69, 9.17) is 5.84 Å². The van der Waals surface area contributed by atoms with Gasteiger partial charge in [-0.2, -0.15) is 11.8 Å². The third-order valence-corrected chi connectivity index (χ3v) is 2.61. The lowest BCUT2D eigenvalue weighted by Crippen LogP contribution is -2.30. The average molecular weight is 198 g/mol. The van der Waals surface area contributed by atoms with Crippen molar-refractivity contribution in [1.29, 1.82) is 0 Å². The van der Waals surface area contributed by atoms with Crippen molar-refractivity contribution in [2.75, 3.05) is 11.5 Å². The van der Waals surface area contributed by atoms with Gasteiger partial charge in [-0.05, 0) is 5.75 Å². The van der Waals surface area contributed by atoms with E-state index in [1.807, 2.05) is 11.8 Å². The Balaban J connectivity index is 2.56.